The fourth-order valence-electron chi connectivity index (χ4n) is 4.97. The van der Waals surface area contributed by atoms with Gasteiger partial charge in [-0.2, -0.15) is 5.10 Å². The predicted octanol–water partition coefficient (Wildman–Crippen LogP) is 5.36. The zero-order chi connectivity index (χ0) is 26.9. The molecule has 7 nitrogen and oxygen atoms in total. The maximum absolute atomic E-state index is 15.1. The molecule has 1 fully saturated rings. The van der Waals surface area contributed by atoms with Gasteiger partial charge in [-0.05, 0) is 96.8 Å². The number of nitrogens with one attached hydrogen (secondary N) is 1. The van der Waals surface area contributed by atoms with Gasteiger partial charge in [-0.1, -0.05) is 18.2 Å². The minimum atomic E-state index is -0.407. The number of pyridine rings is 2. The number of carbonyl (C=O) groups is 1. The molecule has 3 N–H and O–H groups in total. The number of carbonyl (C=O) groups excluding carboxylic acids is 1. The van der Waals surface area contributed by atoms with Gasteiger partial charge in [0.25, 0.3) is 0 Å². The fourth-order valence-corrected chi connectivity index (χ4v) is 4.97. The van der Waals surface area contributed by atoms with E-state index in [1.807, 2.05) is 43.3 Å². The number of aryl methyl sites for hydroxylation is 1. The van der Waals surface area contributed by atoms with Crippen LogP contribution in [-0.4, -0.2) is 32.1 Å². The van der Waals surface area contributed by atoms with E-state index in [2.05, 4.69) is 20.4 Å². The van der Waals surface area contributed by atoms with E-state index in [0.29, 0.717) is 34.4 Å². The second-order valence-corrected chi connectivity index (χ2v) is 10.2. The van der Waals surface area contributed by atoms with Gasteiger partial charge in [-0.25, -0.2) is 14.1 Å². The van der Waals surface area contributed by atoms with Gasteiger partial charge in [0, 0.05) is 30.4 Å². The molecule has 1 atom stereocenters. The molecule has 5 aromatic rings. The van der Waals surface area contributed by atoms with E-state index in [-0.39, 0.29) is 18.2 Å². The first-order chi connectivity index (χ1) is 19.0. The Morgan fingerprint density at radius 3 is 2.67 bits per heavy atom. The third-order valence-electron chi connectivity index (χ3n) is 7.24. The quantitative estimate of drug-likeness (QED) is 0.254. The first-order valence-corrected chi connectivity index (χ1v) is 13.1. The lowest BCUT2D eigenvalue weighted by Gasteiger charge is -2.21. The van der Waals surface area contributed by atoms with E-state index < -0.39 is 5.82 Å². The molecule has 0 bridgehead atoms. The number of ketones is 1. The molecule has 3 heterocycles. The number of hydrogen-bond donors (Lipinski definition) is 2. The minimum absolute atomic E-state index is 0.0895. The predicted molar refractivity (Wildman–Crippen MR) is 149 cm³/mol. The Morgan fingerprint density at radius 2 is 1.87 bits per heavy atom. The van der Waals surface area contributed by atoms with E-state index in [4.69, 9.17) is 5.73 Å². The number of anilines is 1. The van der Waals surface area contributed by atoms with Gasteiger partial charge < -0.3 is 11.1 Å². The SMILES string of the molecule is Cc1cc(C(=O)Cc2cc(C(NCC3CC3)c3ccncc3)ccc2F)n(-c2ccc3ccnc(N)c3c2)n1. The Hall–Kier alpha value is -4.43. The van der Waals surface area contributed by atoms with Crippen molar-refractivity contribution < 1.29 is 9.18 Å². The molecule has 6 rings (SSSR count). The number of fused-ring (bicyclic) bond motifs is 1. The van der Waals surface area contributed by atoms with Crippen molar-refractivity contribution in [2.75, 3.05) is 12.3 Å². The van der Waals surface area contributed by atoms with Crippen molar-refractivity contribution in [2.24, 2.45) is 5.92 Å². The highest BCUT2D eigenvalue weighted by Crippen LogP contribution is 2.31. The molecule has 3 aromatic heterocycles. The molecule has 1 aliphatic rings. The van der Waals surface area contributed by atoms with Crippen molar-refractivity contribution in [1.29, 1.82) is 0 Å². The molecule has 196 valence electrons. The molecule has 0 aliphatic heterocycles. The average Bonchev–Trinajstić information content (AvgIpc) is 3.69. The summed E-state index contributed by atoms with van der Waals surface area (Å²) in [6, 6.07) is 18.1. The number of Topliss-reactive ketones (excluding diaryl/α,β-unsaturated/α-hetero) is 1. The van der Waals surface area contributed by atoms with Crippen molar-refractivity contribution in [3.05, 3.63) is 113 Å². The molecule has 0 spiro atoms. The fraction of sp³-hybridized carbons (Fsp3) is 0.226. The van der Waals surface area contributed by atoms with Crippen molar-refractivity contribution >= 4 is 22.4 Å². The van der Waals surface area contributed by atoms with Crippen LogP contribution in [0.5, 0.6) is 0 Å². The van der Waals surface area contributed by atoms with E-state index in [0.717, 1.165) is 28.4 Å². The summed E-state index contributed by atoms with van der Waals surface area (Å²) in [4.78, 5) is 21.9. The normalized spacial score (nSPS) is 14.0. The molecule has 1 saturated carbocycles. The topological polar surface area (TPSA) is 98.7 Å². The van der Waals surface area contributed by atoms with Gasteiger partial charge in [-0.15, -0.1) is 0 Å². The second-order valence-electron chi connectivity index (χ2n) is 10.2. The molecule has 39 heavy (non-hydrogen) atoms. The van der Waals surface area contributed by atoms with Gasteiger partial charge in [0.1, 0.15) is 17.3 Å². The highest BCUT2D eigenvalue weighted by Gasteiger charge is 2.24. The summed E-state index contributed by atoms with van der Waals surface area (Å²) >= 11 is 0. The van der Waals surface area contributed by atoms with E-state index in [1.165, 1.54) is 18.9 Å². The summed E-state index contributed by atoms with van der Waals surface area (Å²) < 4.78 is 16.7. The first kappa shape index (κ1) is 24.9. The van der Waals surface area contributed by atoms with E-state index in [9.17, 15) is 4.79 Å². The van der Waals surface area contributed by atoms with Gasteiger partial charge in [0.15, 0.2) is 5.78 Å². The highest BCUT2D eigenvalue weighted by molar-refractivity contribution is 5.97. The largest absolute Gasteiger partial charge is 0.383 e. The number of halogens is 1. The van der Waals surface area contributed by atoms with Crippen LogP contribution < -0.4 is 11.1 Å². The van der Waals surface area contributed by atoms with E-state index in [1.54, 1.807) is 41.5 Å². The number of nitrogen functional groups attached to an aromatic ring is 1. The van der Waals surface area contributed by atoms with Gasteiger partial charge in [-0.3, -0.25) is 9.78 Å². The Balaban J connectivity index is 1.31. The molecule has 2 aromatic carbocycles. The van der Waals surface area contributed by atoms with Gasteiger partial charge in [0.2, 0.25) is 0 Å². The zero-order valence-corrected chi connectivity index (χ0v) is 21.6. The van der Waals surface area contributed by atoms with Crippen LogP contribution in [0, 0.1) is 18.7 Å². The van der Waals surface area contributed by atoms with Crippen molar-refractivity contribution in [3.63, 3.8) is 0 Å². The first-order valence-electron chi connectivity index (χ1n) is 13.1. The highest BCUT2D eigenvalue weighted by atomic mass is 19.1. The number of nitrogens with two attached hydrogens (primary N) is 1. The average molecular weight is 521 g/mol. The van der Waals surface area contributed by atoms with Crippen LogP contribution in [0.4, 0.5) is 10.2 Å². The standard InChI is InChI=1S/C31H29FN6O/c1-19-14-28(38(37-19)25-6-4-21-10-13-35-31(33)26(21)17-25)29(39)16-24-15-23(5-7-27(24)32)30(36-18-20-2-3-20)22-8-11-34-12-9-22/h4-15,17,20,30,36H,2-3,16,18H2,1H3,(H2,33,35). The number of nitrogens with zero attached hydrogens (tertiary/aromatic N) is 4. The minimum Gasteiger partial charge on any atom is -0.383 e. The Labute approximate surface area is 225 Å². The second kappa shape index (κ2) is 10.4. The van der Waals surface area contributed by atoms with Crippen LogP contribution >= 0.6 is 0 Å². The zero-order valence-electron chi connectivity index (χ0n) is 21.6. The third kappa shape index (κ3) is 5.28. The van der Waals surface area contributed by atoms with Crippen LogP contribution in [0.25, 0.3) is 16.5 Å². The molecule has 0 amide bonds. The summed E-state index contributed by atoms with van der Waals surface area (Å²) in [5.74, 6) is 0.456. The summed E-state index contributed by atoms with van der Waals surface area (Å²) in [7, 11) is 0. The Bertz CT molecular complexity index is 1660. The van der Waals surface area contributed by atoms with E-state index >= 15 is 4.39 Å². The summed E-state index contributed by atoms with van der Waals surface area (Å²) in [6.07, 6.45) is 7.55. The van der Waals surface area contributed by atoms with Crippen LogP contribution in [0.1, 0.15) is 51.8 Å². The van der Waals surface area contributed by atoms with Crippen molar-refractivity contribution in [2.45, 2.75) is 32.2 Å². The van der Waals surface area contributed by atoms with Crippen molar-refractivity contribution in [1.82, 2.24) is 25.1 Å². The van der Waals surface area contributed by atoms with Crippen LogP contribution in [0.15, 0.2) is 79.3 Å². The third-order valence-corrected chi connectivity index (χ3v) is 7.24. The maximum atomic E-state index is 15.1. The Kier molecular flexibility index (Phi) is 6.62. The molecular weight excluding hydrogens is 491 g/mol. The lowest BCUT2D eigenvalue weighted by molar-refractivity contribution is 0.0984. The summed E-state index contributed by atoms with van der Waals surface area (Å²) in [6.45, 7) is 2.72. The molecular formula is C31H29FN6O. The summed E-state index contributed by atoms with van der Waals surface area (Å²) in [5.41, 5.74) is 10.2. The molecule has 1 unspecified atom stereocenters. The molecule has 1 aliphatic carbocycles. The van der Waals surface area contributed by atoms with Gasteiger partial charge in [0.05, 0.1) is 17.4 Å². The number of hydrogen-bond acceptors (Lipinski definition) is 6. The van der Waals surface area contributed by atoms with Crippen LogP contribution in [-0.2, 0) is 6.42 Å². The maximum Gasteiger partial charge on any atom is 0.185 e. The molecule has 0 saturated heterocycles. The smallest absolute Gasteiger partial charge is 0.185 e. The molecule has 8 heteroatoms. The Morgan fingerprint density at radius 1 is 1.05 bits per heavy atom. The van der Waals surface area contributed by atoms with Crippen LogP contribution in [0.3, 0.4) is 0 Å². The van der Waals surface area contributed by atoms with Crippen molar-refractivity contribution in [3.8, 4) is 5.69 Å². The number of benzene rings is 2. The summed E-state index contributed by atoms with van der Waals surface area (Å²) in [5, 5.41) is 9.92. The lowest BCUT2D eigenvalue weighted by atomic mass is 9.95. The van der Waals surface area contributed by atoms with Crippen LogP contribution in [0.2, 0.25) is 0 Å². The molecule has 0 radical (unpaired) electrons. The monoisotopic (exact) mass is 520 g/mol. The number of rotatable bonds is 9. The number of aromatic nitrogens is 4. The van der Waals surface area contributed by atoms with Gasteiger partial charge >= 0.3 is 0 Å². The lowest BCUT2D eigenvalue weighted by Crippen LogP contribution is -2.25.